The van der Waals surface area contributed by atoms with Gasteiger partial charge in [0.05, 0.1) is 5.03 Å². The maximum atomic E-state index is 6.53. The normalized spacial score (nSPS) is 26.8. The molecular formula is C15H22ClN2+. The highest BCUT2D eigenvalue weighted by molar-refractivity contribution is 6.34. The molecule has 0 N–H and O–H groups in total. The SMILES string of the molecule is ClC1=C(C=[N+]2CCCC2)CC/C1=C\N1CCCC1. The van der Waals surface area contributed by atoms with Crippen molar-refractivity contribution in [3.63, 3.8) is 0 Å². The van der Waals surface area contributed by atoms with Gasteiger partial charge in [-0.2, -0.15) is 0 Å². The summed E-state index contributed by atoms with van der Waals surface area (Å²) in [6, 6.07) is 0. The standard InChI is InChI=1S/C15H22ClN2/c16-15-13(11-17-7-1-2-8-17)5-6-14(15)12-18-9-3-4-10-18/h11-12H,1-10H2/q+1. The van der Waals surface area contributed by atoms with Gasteiger partial charge in [-0.1, -0.05) is 11.6 Å². The summed E-state index contributed by atoms with van der Waals surface area (Å²) in [6.07, 6.45) is 12.2. The van der Waals surface area contributed by atoms with Crippen molar-refractivity contribution < 1.29 is 4.58 Å². The van der Waals surface area contributed by atoms with Crippen LogP contribution in [-0.2, 0) is 0 Å². The van der Waals surface area contributed by atoms with E-state index in [2.05, 4.69) is 21.9 Å². The minimum Gasteiger partial charge on any atom is -0.377 e. The van der Waals surface area contributed by atoms with Crippen LogP contribution in [0, 0.1) is 0 Å². The molecule has 0 bridgehead atoms. The predicted octanol–water partition coefficient (Wildman–Crippen LogP) is 3.13. The Morgan fingerprint density at radius 3 is 2.44 bits per heavy atom. The molecule has 98 valence electrons. The van der Waals surface area contributed by atoms with Crippen LogP contribution in [0.15, 0.2) is 22.4 Å². The topological polar surface area (TPSA) is 6.25 Å². The number of hydrogen-bond acceptors (Lipinski definition) is 1. The zero-order valence-corrected chi connectivity index (χ0v) is 11.8. The molecule has 0 unspecified atom stereocenters. The Hall–Kier alpha value is -0.760. The van der Waals surface area contributed by atoms with Crippen LogP contribution in [0.25, 0.3) is 0 Å². The molecule has 0 atom stereocenters. The fourth-order valence-electron chi connectivity index (χ4n) is 3.12. The van der Waals surface area contributed by atoms with Gasteiger partial charge in [0.1, 0.15) is 13.1 Å². The average Bonchev–Trinajstić information content (AvgIpc) is 3.08. The zero-order valence-electron chi connectivity index (χ0n) is 11.0. The Labute approximate surface area is 115 Å². The van der Waals surface area contributed by atoms with Crippen molar-refractivity contribution in [3.05, 3.63) is 22.4 Å². The Balaban J connectivity index is 1.75. The fraction of sp³-hybridized carbons (Fsp3) is 0.667. The van der Waals surface area contributed by atoms with Crippen LogP contribution < -0.4 is 0 Å². The number of halogens is 1. The van der Waals surface area contributed by atoms with E-state index in [0.29, 0.717) is 0 Å². The van der Waals surface area contributed by atoms with E-state index in [1.807, 2.05) is 0 Å². The molecule has 0 aromatic rings. The summed E-state index contributed by atoms with van der Waals surface area (Å²) in [5.41, 5.74) is 2.70. The average molecular weight is 266 g/mol. The molecule has 1 aliphatic carbocycles. The van der Waals surface area contributed by atoms with Gasteiger partial charge in [-0.25, -0.2) is 4.58 Å². The highest BCUT2D eigenvalue weighted by Crippen LogP contribution is 2.34. The Kier molecular flexibility index (Phi) is 3.74. The van der Waals surface area contributed by atoms with Gasteiger partial charge in [-0.15, -0.1) is 0 Å². The maximum absolute atomic E-state index is 6.53. The van der Waals surface area contributed by atoms with Crippen LogP contribution in [0.1, 0.15) is 38.5 Å². The Morgan fingerprint density at radius 1 is 1.00 bits per heavy atom. The third-order valence-corrected chi connectivity index (χ3v) is 4.67. The van der Waals surface area contributed by atoms with Crippen molar-refractivity contribution in [1.29, 1.82) is 0 Å². The third-order valence-electron chi connectivity index (χ3n) is 4.19. The zero-order chi connectivity index (χ0) is 12.4. The van der Waals surface area contributed by atoms with Gasteiger partial charge < -0.3 is 4.90 Å². The predicted molar refractivity (Wildman–Crippen MR) is 76.3 cm³/mol. The summed E-state index contributed by atoms with van der Waals surface area (Å²) in [5, 5.41) is 1.02. The van der Waals surface area contributed by atoms with Crippen LogP contribution in [-0.4, -0.2) is 41.9 Å². The molecule has 2 saturated heterocycles. The van der Waals surface area contributed by atoms with E-state index in [9.17, 15) is 0 Å². The smallest absolute Gasteiger partial charge is 0.168 e. The maximum Gasteiger partial charge on any atom is 0.168 e. The Bertz CT molecular complexity index is 406. The molecule has 2 fully saturated rings. The summed E-state index contributed by atoms with van der Waals surface area (Å²) >= 11 is 6.53. The number of hydrogen-bond donors (Lipinski definition) is 0. The fourth-order valence-corrected chi connectivity index (χ4v) is 3.41. The van der Waals surface area contributed by atoms with E-state index in [1.54, 1.807) is 0 Å². The quantitative estimate of drug-likeness (QED) is 0.696. The molecule has 2 heterocycles. The van der Waals surface area contributed by atoms with Gasteiger partial charge in [0.2, 0.25) is 0 Å². The molecule has 18 heavy (non-hydrogen) atoms. The van der Waals surface area contributed by atoms with Gasteiger partial charge in [0, 0.05) is 37.7 Å². The number of nitrogens with zero attached hydrogens (tertiary/aromatic N) is 2. The van der Waals surface area contributed by atoms with Crippen molar-refractivity contribution in [1.82, 2.24) is 4.90 Å². The molecule has 0 radical (unpaired) electrons. The highest BCUT2D eigenvalue weighted by Gasteiger charge is 2.22. The summed E-state index contributed by atoms with van der Waals surface area (Å²) in [7, 11) is 0. The molecule has 0 saturated carbocycles. The van der Waals surface area contributed by atoms with Gasteiger partial charge in [0.15, 0.2) is 6.21 Å². The summed E-state index contributed by atoms with van der Waals surface area (Å²) < 4.78 is 2.43. The first-order valence-electron chi connectivity index (χ1n) is 7.25. The molecule has 0 aromatic heterocycles. The lowest BCUT2D eigenvalue weighted by molar-refractivity contribution is -0.501. The molecule has 0 spiro atoms. The molecular weight excluding hydrogens is 244 g/mol. The first-order chi connectivity index (χ1) is 8.83. The summed E-state index contributed by atoms with van der Waals surface area (Å²) in [4.78, 5) is 2.43. The molecule has 3 heteroatoms. The van der Waals surface area contributed by atoms with Gasteiger partial charge in [-0.3, -0.25) is 0 Å². The molecule has 3 aliphatic rings. The second-order valence-corrected chi connectivity index (χ2v) is 5.99. The second-order valence-electron chi connectivity index (χ2n) is 5.61. The minimum atomic E-state index is 1.02. The van der Waals surface area contributed by atoms with Crippen molar-refractivity contribution in [2.75, 3.05) is 26.2 Å². The number of allylic oxidation sites excluding steroid dienone is 3. The van der Waals surface area contributed by atoms with Crippen molar-refractivity contribution >= 4 is 17.8 Å². The lowest BCUT2D eigenvalue weighted by Gasteiger charge is -2.12. The first kappa shape index (κ1) is 12.3. The molecule has 3 rings (SSSR count). The van der Waals surface area contributed by atoms with Gasteiger partial charge in [-0.05, 0) is 31.3 Å². The Morgan fingerprint density at radius 2 is 1.72 bits per heavy atom. The van der Waals surface area contributed by atoms with E-state index in [0.717, 1.165) is 17.9 Å². The molecule has 0 aromatic carbocycles. The van der Waals surface area contributed by atoms with Crippen LogP contribution >= 0.6 is 11.6 Å². The lowest BCUT2D eigenvalue weighted by atomic mass is 10.2. The monoisotopic (exact) mass is 265 g/mol. The third kappa shape index (κ3) is 2.64. The van der Waals surface area contributed by atoms with E-state index in [1.165, 1.54) is 63.0 Å². The number of rotatable bonds is 2. The molecule has 0 amide bonds. The van der Waals surface area contributed by atoms with Crippen LogP contribution in [0.4, 0.5) is 0 Å². The highest BCUT2D eigenvalue weighted by atomic mass is 35.5. The summed E-state index contributed by atoms with van der Waals surface area (Å²) in [5.74, 6) is 0. The van der Waals surface area contributed by atoms with Crippen molar-refractivity contribution in [2.45, 2.75) is 38.5 Å². The van der Waals surface area contributed by atoms with Crippen molar-refractivity contribution in [2.24, 2.45) is 0 Å². The van der Waals surface area contributed by atoms with Crippen LogP contribution in [0.5, 0.6) is 0 Å². The van der Waals surface area contributed by atoms with Crippen LogP contribution in [0.2, 0.25) is 0 Å². The minimum absolute atomic E-state index is 1.02. The van der Waals surface area contributed by atoms with E-state index >= 15 is 0 Å². The van der Waals surface area contributed by atoms with Gasteiger partial charge >= 0.3 is 0 Å². The first-order valence-corrected chi connectivity index (χ1v) is 7.63. The summed E-state index contributed by atoms with van der Waals surface area (Å²) in [6.45, 7) is 4.83. The molecule has 2 aliphatic heterocycles. The van der Waals surface area contributed by atoms with Gasteiger partial charge in [0.25, 0.3) is 0 Å². The van der Waals surface area contributed by atoms with Crippen molar-refractivity contribution in [3.8, 4) is 0 Å². The number of likely N-dealkylation sites (tertiary alicyclic amines) is 1. The lowest BCUT2D eigenvalue weighted by Crippen LogP contribution is -2.11. The van der Waals surface area contributed by atoms with Crippen LogP contribution in [0.3, 0.4) is 0 Å². The van der Waals surface area contributed by atoms with E-state index < -0.39 is 0 Å². The largest absolute Gasteiger partial charge is 0.377 e. The second kappa shape index (κ2) is 5.48. The van der Waals surface area contributed by atoms with E-state index in [-0.39, 0.29) is 0 Å². The van der Waals surface area contributed by atoms with E-state index in [4.69, 9.17) is 11.6 Å². The molecule has 2 nitrogen and oxygen atoms in total.